The average Bonchev–Trinajstić information content (AvgIpc) is 2.44. The summed E-state index contributed by atoms with van der Waals surface area (Å²) >= 11 is 0. The topological polar surface area (TPSA) is 30.5 Å². The lowest BCUT2D eigenvalue weighted by atomic mass is 9.84. The Morgan fingerprint density at radius 2 is 2.05 bits per heavy atom. The van der Waals surface area contributed by atoms with E-state index in [1.165, 1.54) is 6.07 Å². The van der Waals surface area contributed by atoms with Crippen molar-refractivity contribution in [3.05, 3.63) is 29.6 Å². The zero-order valence-corrected chi connectivity index (χ0v) is 12.0. The van der Waals surface area contributed by atoms with Gasteiger partial charge in [0, 0.05) is 31.5 Å². The maximum Gasteiger partial charge on any atom is 0.126 e. The summed E-state index contributed by atoms with van der Waals surface area (Å²) < 4.78 is 24.8. The van der Waals surface area contributed by atoms with Crippen molar-refractivity contribution in [2.24, 2.45) is 0 Å². The summed E-state index contributed by atoms with van der Waals surface area (Å²) in [6.45, 7) is 4.17. The summed E-state index contributed by atoms with van der Waals surface area (Å²) in [7, 11) is 0. The van der Waals surface area contributed by atoms with E-state index in [0.717, 1.165) is 51.2 Å². The molecule has 3 rings (SSSR count). The molecule has 2 heterocycles. The largest absolute Gasteiger partial charge is 0.382 e. The van der Waals surface area contributed by atoms with E-state index in [4.69, 9.17) is 9.47 Å². The Kier molecular flexibility index (Phi) is 3.94. The highest BCUT2D eigenvalue weighted by Gasteiger charge is 2.38. The Morgan fingerprint density at radius 3 is 2.80 bits per heavy atom. The first-order valence-corrected chi connectivity index (χ1v) is 7.41. The molecule has 0 aromatic heterocycles. The molecule has 0 saturated carbocycles. The molecule has 2 saturated heterocycles. The maximum atomic E-state index is 13.3. The molecule has 1 unspecified atom stereocenters. The maximum absolute atomic E-state index is 13.3. The SMILES string of the molecule is Cc1cc(NC2CCOC3(CCOCC3)C2)ccc1F. The smallest absolute Gasteiger partial charge is 0.126 e. The van der Waals surface area contributed by atoms with Crippen LogP contribution in [-0.2, 0) is 9.47 Å². The second-order valence-electron chi connectivity index (χ2n) is 5.94. The van der Waals surface area contributed by atoms with Crippen molar-refractivity contribution in [3.8, 4) is 0 Å². The van der Waals surface area contributed by atoms with E-state index in [1.54, 1.807) is 6.92 Å². The van der Waals surface area contributed by atoms with Crippen LogP contribution in [0.25, 0.3) is 0 Å². The molecule has 2 fully saturated rings. The van der Waals surface area contributed by atoms with Gasteiger partial charge in [0.2, 0.25) is 0 Å². The van der Waals surface area contributed by atoms with Gasteiger partial charge in [0.15, 0.2) is 0 Å². The van der Waals surface area contributed by atoms with Gasteiger partial charge in [-0.1, -0.05) is 0 Å². The number of hydrogen-bond acceptors (Lipinski definition) is 3. The zero-order valence-electron chi connectivity index (χ0n) is 12.0. The molecule has 3 nitrogen and oxygen atoms in total. The summed E-state index contributed by atoms with van der Waals surface area (Å²) in [5.74, 6) is -0.150. The lowest BCUT2D eigenvalue weighted by Gasteiger charge is -2.43. The highest BCUT2D eigenvalue weighted by atomic mass is 19.1. The van der Waals surface area contributed by atoms with Crippen molar-refractivity contribution in [1.29, 1.82) is 0 Å². The zero-order chi connectivity index (χ0) is 14.0. The molecule has 0 bridgehead atoms. The van der Waals surface area contributed by atoms with Crippen LogP contribution in [0.1, 0.15) is 31.2 Å². The van der Waals surface area contributed by atoms with Gasteiger partial charge in [-0.2, -0.15) is 0 Å². The normalized spacial score (nSPS) is 25.6. The van der Waals surface area contributed by atoms with Crippen LogP contribution in [0.15, 0.2) is 18.2 Å². The molecule has 1 aromatic carbocycles. The van der Waals surface area contributed by atoms with Gasteiger partial charge in [-0.3, -0.25) is 0 Å². The summed E-state index contributed by atoms with van der Waals surface area (Å²) in [6, 6.07) is 5.61. The summed E-state index contributed by atoms with van der Waals surface area (Å²) in [5, 5.41) is 3.53. The molecule has 1 atom stereocenters. The molecule has 4 heteroatoms. The number of rotatable bonds is 2. The Morgan fingerprint density at radius 1 is 1.25 bits per heavy atom. The highest BCUT2D eigenvalue weighted by Crippen LogP contribution is 2.35. The van der Waals surface area contributed by atoms with Crippen LogP contribution >= 0.6 is 0 Å². The first kappa shape index (κ1) is 13.8. The third kappa shape index (κ3) is 2.96. The summed E-state index contributed by atoms with van der Waals surface area (Å²) in [6.07, 6.45) is 3.97. The number of hydrogen-bond donors (Lipinski definition) is 1. The lowest BCUT2D eigenvalue weighted by Crippen LogP contribution is -2.47. The fourth-order valence-corrected chi connectivity index (χ4v) is 3.21. The van der Waals surface area contributed by atoms with Crippen LogP contribution in [-0.4, -0.2) is 31.5 Å². The number of ether oxygens (including phenoxy) is 2. The molecule has 0 radical (unpaired) electrons. The van der Waals surface area contributed by atoms with Gasteiger partial charge in [-0.15, -0.1) is 0 Å². The molecule has 1 aromatic rings. The van der Waals surface area contributed by atoms with Crippen LogP contribution < -0.4 is 5.32 Å². The molecule has 2 aliphatic heterocycles. The number of anilines is 1. The predicted octanol–water partition coefficient (Wildman–Crippen LogP) is 3.27. The fraction of sp³-hybridized carbons (Fsp3) is 0.625. The Balaban J connectivity index is 1.66. The minimum Gasteiger partial charge on any atom is -0.382 e. The lowest BCUT2D eigenvalue weighted by molar-refractivity contribution is -0.135. The van der Waals surface area contributed by atoms with Gasteiger partial charge in [-0.05, 0) is 56.4 Å². The second-order valence-corrected chi connectivity index (χ2v) is 5.94. The Hall–Kier alpha value is -1.13. The molecule has 0 aliphatic carbocycles. The Bertz CT molecular complexity index is 466. The van der Waals surface area contributed by atoms with Gasteiger partial charge in [0.1, 0.15) is 5.82 Å². The minimum atomic E-state index is -0.150. The monoisotopic (exact) mass is 279 g/mol. The van der Waals surface area contributed by atoms with E-state index in [-0.39, 0.29) is 11.4 Å². The van der Waals surface area contributed by atoms with Crippen LogP contribution in [0, 0.1) is 12.7 Å². The van der Waals surface area contributed by atoms with Gasteiger partial charge in [0.25, 0.3) is 0 Å². The van der Waals surface area contributed by atoms with E-state index in [1.807, 2.05) is 12.1 Å². The van der Waals surface area contributed by atoms with Crippen LogP contribution in [0.5, 0.6) is 0 Å². The summed E-state index contributed by atoms with van der Waals surface area (Å²) in [5.41, 5.74) is 1.67. The number of aryl methyl sites for hydroxylation is 1. The second kappa shape index (κ2) is 5.70. The van der Waals surface area contributed by atoms with Gasteiger partial charge < -0.3 is 14.8 Å². The molecular weight excluding hydrogens is 257 g/mol. The van der Waals surface area contributed by atoms with Crippen molar-refractivity contribution < 1.29 is 13.9 Å². The third-order valence-electron chi connectivity index (χ3n) is 4.43. The molecule has 1 N–H and O–H groups in total. The first-order chi connectivity index (χ1) is 9.67. The van der Waals surface area contributed by atoms with Gasteiger partial charge >= 0.3 is 0 Å². The first-order valence-electron chi connectivity index (χ1n) is 7.41. The van der Waals surface area contributed by atoms with Crippen LogP contribution in [0.2, 0.25) is 0 Å². The van der Waals surface area contributed by atoms with E-state index in [0.29, 0.717) is 11.6 Å². The minimum absolute atomic E-state index is 0.0107. The molecule has 1 spiro atoms. The number of nitrogens with one attached hydrogen (secondary N) is 1. The number of halogens is 1. The van der Waals surface area contributed by atoms with Crippen molar-refractivity contribution >= 4 is 5.69 Å². The van der Waals surface area contributed by atoms with Crippen LogP contribution in [0.3, 0.4) is 0 Å². The third-order valence-corrected chi connectivity index (χ3v) is 4.43. The quantitative estimate of drug-likeness (QED) is 0.901. The molecule has 20 heavy (non-hydrogen) atoms. The molecular formula is C16H22FNO2. The standard InChI is InChI=1S/C16H22FNO2/c1-12-10-13(2-3-15(12)17)18-14-4-7-20-16(11-14)5-8-19-9-6-16/h2-3,10,14,18H,4-9,11H2,1H3. The van der Waals surface area contributed by atoms with E-state index in [2.05, 4.69) is 5.32 Å². The van der Waals surface area contributed by atoms with E-state index < -0.39 is 0 Å². The fourth-order valence-electron chi connectivity index (χ4n) is 3.21. The highest BCUT2D eigenvalue weighted by molar-refractivity contribution is 5.46. The van der Waals surface area contributed by atoms with Crippen LogP contribution in [0.4, 0.5) is 10.1 Å². The molecule has 110 valence electrons. The van der Waals surface area contributed by atoms with Crippen molar-refractivity contribution in [2.45, 2.75) is 44.2 Å². The molecule has 2 aliphatic rings. The van der Waals surface area contributed by atoms with E-state index >= 15 is 0 Å². The van der Waals surface area contributed by atoms with Crippen molar-refractivity contribution in [1.82, 2.24) is 0 Å². The number of benzene rings is 1. The summed E-state index contributed by atoms with van der Waals surface area (Å²) in [4.78, 5) is 0. The molecule has 0 amide bonds. The Labute approximate surface area is 119 Å². The van der Waals surface area contributed by atoms with Gasteiger partial charge in [-0.25, -0.2) is 4.39 Å². The van der Waals surface area contributed by atoms with Gasteiger partial charge in [0.05, 0.1) is 5.60 Å². The van der Waals surface area contributed by atoms with Crippen molar-refractivity contribution in [2.75, 3.05) is 25.1 Å². The average molecular weight is 279 g/mol. The van der Waals surface area contributed by atoms with Crippen molar-refractivity contribution in [3.63, 3.8) is 0 Å². The predicted molar refractivity (Wildman–Crippen MR) is 76.5 cm³/mol. The van der Waals surface area contributed by atoms with E-state index in [9.17, 15) is 4.39 Å².